The van der Waals surface area contributed by atoms with Gasteiger partial charge in [-0.15, -0.1) is 5.10 Å². The number of amidine groups is 1. The first-order valence-corrected chi connectivity index (χ1v) is 4.54. The van der Waals surface area contributed by atoms with Crippen LogP contribution in [0.1, 0.15) is 20.8 Å². The molecule has 0 bridgehead atoms. The Kier molecular flexibility index (Phi) is 2.86. The van der Waals surface area contributed by atoms with E-state index in [0.29, 0.717) is 5.17 Å². The van der Waals surface area contributed by atoms with Crippen LogP contribution in [-0.2, 0) is 4.79 Å². The SMILES string of the molecule is CC(C)=N/N=C1/NC(=O)[C@H](C)S1. The van der Waals surface area contributed by atoms with Gasteiger partial charge in [0, 0.05) is 5.71 Å². The lowest BCUT2D eigenvalue weighted by Crippen LogP contribution is -2.23. The predicted molar refractivity (Wildman–Crippen MR) is 51.4 cm³/mol. The molecule has 1 N–H and O–H groups in total. The van der Waals surface area contributed by atoms with Gasteiger partial charge in [0.15, 0.2) is 5.17 Å². The number of rotatable bonds is 1. The van der Waals surface area contributed by atoms with Crippen LogP contribution in [0, 0.1) is 0 Å². The quantitative estimate of drug-likeness (QED) is 0.489. The fourth-order valence-electron chi connectivity index (χ4n) is 0.651. The lowest BCUT2D eigenvalue weighted by molar-refractivity contribution is -0.118. The first-order chi connectivity index (χ1) is 5.59. The van der Waals surface area contributed by atoms with Crippen LogP contribution >= 0.6 is 11.8 Å². The molecule has 1 amide bonds. The maximum atomic E-state index is 11.0. The topological polar surface area (TPSA) is 53.8 Å². The van der Waals surface area contributed by atoms with Gasteiger partial charge in [0.2, 0.25) is 5.91 Å². The number of nitrogens with one attached hydrogen (secondary N) is 1. The molecule has 0 spiro atoms. The van der Waals surface area contributed by atoms with Crippen LogP contribution in [0.5, 0.6) is 0 Å². The summed E-state index contributed by atoms with van der Waals surface area (Å²) in [5, 5.41) is 10.9. The van der Waals surface area contributed by atoms with E-state index < -0.39 is 0 Å². The van der Waals surface area contributed by atoms with E-state index in [1.807, 2.05) is 20.8 Å². The molecule has 1 fully saturated rings. The monoisotopic (exact) mass is 185 g/mol. The maximum Gasteiger partial charge on any atom is 0.239 e. The van der Waals surface area contributed by atoms with Crippen molar-refractivity contribution in [3.63, 3.8) is 0 Å². The highest BCUT2D eigenvalue weighted by molar-refractivity contribution is 8.15. The molecule has 12 heavy (non-hydrogen) atoms. The highest BCUT2D eigenvalue weighted by Crippen LogP contribution is 2.18. The zero-order valence-electron chi connectivity index (χ0n) is 7.29. The first kappa shape index (κ1) is 9.25. The van der Waals surface area contributed by atoms with Crippen LogP contribution in [0.3, 0.4) is 0 Å². The summed E-state index contributed by atoms with van der Waals surface area (Å²) < 4.78 is 0. The van der Waals surface area contributed by atoms with Crippen LogP contribution in [0.2, 0.25) is 0 Å². The molecule has 0 radical (unpaired) electrons. The Morgan fingerprint density at radius 2 is 2.25 bits per heavy atom. The van der Waals surface area contributed by atoms with Gasteiger partial charge in [-0.25, -0.2) is 0 Å². The summed E-state index contributed by atoms with van der Waals surface area (Å²) in [4.78, 5) is 11.0. The molecule has 0 aromatic heterocycles. The molecule has 1 aliphatic rings. The van der Waals surface area contributed by atoms with E-state index in [4.69, 9.17) is 0 Å². The van der Waals surface area contributed by atoms with Crippen molar-refractivity contribution >= 4 is 28.5 Å². The standard InChI is InChI=1S/C7H11N3OS/c1-4(2)9-10-7-8-6(11)5(3)12-7/h5H,1-3H3,(H,8,10,11)/t5-/m0/s1. The molecule has 5 heteroatoms. The molecule has 1 heterocycles. The van der Waals surface area contributed by atoms with Gasteiger partial charge in [0.1, 0.15) is 0 Å². The Labute approximate surface area is 75.5 Å². The fourth-order valence-corrected chi connectivity index (χ4v) is 1.40. The van der Waals surface area contributed by atoms with Crippen molar-refractivity contribution in [3.05, 3.63) is 0 Å². The third-order valence-corrected chi connectivity index (χ3v) is 2.20. The number of amides is 1. The minimum absolute atomic E-state index is 0.00251. The second-order valence-corrected chi connectivity index (χ2v) is 4.03. The molecular weight excluding hydrogens is 174 g/mol. The van der Waals surface area contributed by atoms with Gasteiger partial charge < -0.3 is 5.32 Å². The maximum absolute atomic E-state index is 11.0. The van der Waals surface area contributed by atoms with Crippen LogP contribution < -0.4 is 5.32 Å². The molecule has 0 aromatic carbocycles. The number of carbonyl (C=O) groups excluding carboxylic acids is 1. The van der Waals surface area contributed by atoms with E-state index >= 15 is 0 Å². The minimum atomic E-state index is -0.0453. The van der Waals surface area contributed by atoms with Crippen molar-refractivity contribution in [1.29, 1.82) is 0 Å². The number of nitrogens with zero attached hydrogens (tertiary/aromatic N) is 2. The summed E-state index contributed by atoms with van der Waals surface area (Å²) in [5.74, 6) is 0.00251. The van der Waals surface area contributed by atoms with E-state index in [2.05, 4.69) is 15.5 Å². The van der Waals surface area contributed by atoms with Gasteiger partial charge >= 0.3 is 0 Å². The molecule has 0 unspecified atom stereocenters. The third kappa shape index (κ3) is 2.34. The zero-order valence-corrected chi connectivity index (χ0v) is 8.10. The Balaban J connectivity index is 2.63. The first-order valence-electron chi connectivity index (χ1n) is 3.66. The smallest absolute Gasteiger partial charge is 0.239 e. The summed E-state index contributed by atoms with van der Waals surface area (Å²) in [6.07, 6.45) is 0. The third-order valence-electron chi connectivity index (χ3n) is 1.23. The summed E-state index contributed by atoms with van der Waals surface area (Å²) in [6.45, 7) is 5.55. The molecule has 1 rings (SSSR count). The molecule has 0 aliphatic carbocycles. The summed E-state index contributed by atoms with van der Waals surface area (Å²) >= 11 is 1.40. The molecule has 1 saturated heterocycles. The van der Waals surface area contributed by atoms with E-state index in [-0.39, 0.29) is 11.2 Å². The average Bonchev–Trinajstić information content (AvgIpc) is 2.28. The van der Waals surface area contributed by atoms with Gasteiger partial charge in [-0.1, -0.05) is 11.8 Å². The number of carbonyl (C=O) groups is 1. The van der Waals surface area contributed by atoms with Crippen molar-refractivity contribution in [3.8, 4) is 0 Å². The molecule has 0 saturated carbocycles. The normalized spacial score (nSPS) is 25.8. The molecule has 4 nitrogen and oxygen atoms in total. The molecule has 1 atom stereocenters. The Bertz CT molecular complexity index is 255. The lowest BCUT2D eigenvalue weighted by atomic mass is 10.4. The van der Waals surface area contributed by atoms with Crippen LogP contribution in [-0.4, -0.2) is 22.0 Å². The molecule has 66 valence electrons. The lowest BCUT2D eigenvalue weighted by Gasteiger charge is -1.89. The van der Waals surface area contributed by atoms with Crippen molar-refractivity contribution in [2.45, 2.75) is 26.0 Å². The van der Waals surface area contributed by atoms with Crippen molar-refractivity contribution in [2.24, 2.45) is 10.2 Å². The van der Waals surface area contributed by atoms with Crippen molar-refractivity contribution in [2.75, 3.05) is 0 Å². The van der Waals surface area contributed by atoms with E-state index in [1.165, 1.54) is 11.8 Å². The summed E-state index contributed by atoms with van der Waals surface area (Å²) in [6, 6.07) is 0. The zero-order chi connectivity index (χ0) is 9.14. The Morgan fingerprint density at radius 1 is 1.58 bits per heavy atom. The van der Waals surface area contributed by atoms with E-state index in [1.54, 1.807) is 0 Å². The van der Waals surface area contributed by atoms with Crippen LogP contribution in [0.15, 0.2) is 10.2 Å². The van der Waals surface area contributed by atoms with E-state index in [9.17, 15) is 4.79 Å². The molecule has 1 aliphatic heterocycles. The summed E-state index contributed by atoms with van der Waals surface area (Å²) in [5.41, 5.74) is 0.872. The van der Waals surface area contributed by atoms with Crippen LogP contribution in [0.25, 0.3) is 0 Å². The molecular formula is C7H11N3OS. The Morgan fingerprint density at radius 3 is 2.67 bits per heavy atom. The highest BCUT2D eigenvalue weighted by Gasteiger charge is 2.25. The van der Waals surface area contributed by atoms with Gasteiger partial charge in [-0.3, -0.25) is 4.79 Å². The van der Waals surface area contributed by atoms with Gasteiger partial charge in [-0.2, -0.15) is 5.10 Å². The highest BCUT2D eigenvalue weighted by atomic mass is 32.2. The van der Waals surface area contributed by atoms with E-state index in [0.717, 1.165) is 5.71 Å². The Hall–Kier alpha value is -0.840. The molecule has 0 aromatic rings. The van der Waals surface area contributed by atoms with Crippen molar-refractivity contribution in [1.82, 2.24) is 5.32 Å². The fraction of sp³-hybridized carbons (Fsp3) is 0.571. The predicted octanol–water partition coefficient (Wildman–Crippen LogP) is 0.990. The van der Waals surface area contributed by atoms with Gasteiger partial charge in [0.05, 0.1) is 5.25 Å². The number of hydrogen-bond acceptors (Lipinski definition) is 4. The summed E-state index contributed by atoms with van der Waals surface area (Å²) in [7, 11) is 0. The number of thioether (sulfide) groups is 1. The number of hydrogen-bond donors (Lipinski definition) is 1. The van der Waals surface area contributed by atoms with Crippen LogP contribution in [0.4, 0.5) is 0 Å². The second-order valence-electron chi connectivity index (χ2n) is 2.70. The minimum Gasteiger partial charge on any atom is -0.303 e. The largest absolute Gasteiger partial charge is 0.303 e. The van der Waals surface area contributed by atoms with Gasteiger partial charge in [0.25, 0.3) is 0 Å². The van der Waals surface area contributed by atoms with Crippen molar-refractivity contribution < 1.29 is 4.79 Å². The van der Waals surface area contributed by atoms with Gasteiger partial charge in [-0.05, 0) is 20.8 Å². The second kappa shape index (κ2) is 3.71. The average molecular weight is 185 g/mol.